The number of carbonyl (C=O) groups is 1. The first-order valence-electron chi connectivity index (χ1n) is 8.53. The molecule has 2 aromatic carbocycles. The van der Waals surface area contributed by atoms with E-state index in [1.54, 1.807) is 30.6 Å². The number of hydrogen-bond acceptors (Lipinski definition) is 4. The zero-order valence-electron chi connectivity index (χ0n) is 14.6. The molecule has 3 aromatic rings. The molecule has 0 amide bonds. The molecule has 0 fully saturated rings. The topological polar surface area (TPSA) is 51.2 Å². The number of ether oxygens (including phenoxy) is 1. The van der Waals surface area contributed by atoms with E-state index in [9.17, 15) is 9.18 Å². The van der Waals surface area contributed by atoms with Gasteiger partial charge in [-0.05, 0) is 29.8 Å². The second-order valence-electron chi connectivity index (χ2n) is 5.83. The second kappa shape index (κ2) is 9.29. The lowest BCUT2D eigenvalue weighted by Crippen LogP contribution is -2.08. The average Bonchev–Trinajstić information content (AvgIpc) is 2.71. The molecule has 0 aliphatic heterocycles. The molecular formula is C22H19FN2O2. The molecule has 0 saturated carbocycles. The van der Waals surface area contributed by atoms with E-state index in [-0.39, 0.29) is 12.2 Å². The predicted octanol–water partition coefficient (Wildman–Crippen LogP) is 4.70. The van der Waals surface area contributed by atoms with Crippen molar-refractivity contribution >= 4 is 17.7 Å². The molecule has 1 N–H and O–H groups in total. The Morgan fingerprint density at radius 3 is 2.70 bits per heavy atom. The molecule has 136 valence electrons. The molecule has 0 saturated heterocycles. The van der Waals surface area contributed by atoms with Gasteiger partial charge in [0.25, 0.3) is 0 Å². The first kappa shape index (κ1) is 18.3. The van der Waals surface area contributed by atoms with Crippen molar-refractivity contribution in [2.45, 2.75) is 6.61 Å². The van der Waals surface area contributed by atoms with Gasteiger partial charge in [-0.1, -0.05) is 48.6 Å². The van der Waals surface area contributed by atoms with Crippen molar-refractivity contribution in [2.24, 2.45) is 0 Å². The maximum atomic E-state index is 14.2. The number of aromatic nitrogens is 1. The predicted molar refractivity (Wildman–Crippen MR) is 104 cm³/mol. The van der Waals surface area contributed by atoms with Crippen LogP contribution in [0.25, 0.3) is 6.08 Å². The Morgan fingerprint density at radius 2 is 1.96 bits per heavy atom. The molecule has 0 bridgehead atoms. The third-order valence-corrected chi connectivity index (χ3v) is 3.82. The van der Waals surface area contributed by atoms with Crippen molar-refractivity contribution in [2.75, 3.05) is 11.9 Å². The normalized spacial score (nSPS) is 10.7. The Balaban J connectivity index is 1.53. The summed E-state index contributed by atoms with van der Waals surface area (Å²) < 4.78 is 19.4. The highest BCUT2D eigenvalue weighted by Gasteiger charge is 2.13. The smallest absolute Gasteiger partial charge is 0.341 e. The van der Waals surface area contributed by atoms with Crippen LogP contribution in [0.3, 0.4) is 0 Å². The summed E-state index contributed by atoms with van der Waals surface area (Å²) in [6.45, 7) is 0.593. The van der Waals surface area contributed by atoms with Crippen LogP contribution in [0.5, 0.6) is 0 Å². The number of nitrogens with one attached hydrogen (secondary N) is 1. The number of anilines is 1. The highest BCUT2D eigenvalue weighted by molar-refractivity contribution is 5.90. The van der Waals surface area contributed by atoms with E-state index in [4.69, 9.17) is 4.74 Å². The fourth-order valence-electron chi connectivity index (χ4n) is 2.44. The third kappa shape index (κ3) is 5.51. The highest BCUT2D eigenvalue weighted by atomic mass is 19.1. The number of halogens is 1. The van der Waals surface area contributed by atoms with Gasteiger partial charge in [0, 0.05) is 30.2 Å². The summed E-state index contributed by atoms with van der Waals surface area (Å²) >= 11 is 0. The van der Waals surface area contributed by atoms with E-state index in [1.807, 2.05) is 42.5 Å². The molecule has 0 spiro atoms. The molecule has 27 heavy (non-hydrogen) atoms. The van der Waals surface area contributed by atoms with Gasteiger partial charge in [-0.25, -0.2) is 9.18 Å². The molecule has 1 heterocycles. The van der Waals surface area contributed by atoms with Crippen LogP contribution in [-0.4, -0.2) is 17.5 Å². The van der Waals surface area contributed by atoms with Gasteiger partial charge < -0.3 is 10.1 Å². The Morgan fingerprint density at radius 1 is 1.11 bits per heavy atom. The fourth-order valence-corrected chi connectivity index (χ4v) is 2.44. The van der Waals surface area contributed by atoms with Crippen molar-refractivity contribution in [3.8, 4) is 0 Å². The Kier molecular flexibility index (Phi) is 6.30. The van der Waals surface area contributed by atoms with Gasteiger partial charge in [0.05, 0.1) is 5.56 Å². The molecule has 0 radical (unpaired) electrons. The number of pyridine rings is 1. The Hall–Kier alpha value is -3.47. The van der Waals surface area contributed by atoms with Crippen LogP contribution in [0.2, 0.25) is 0 Å². The minimum atomic E-state index is -0.702. The van der Waals surface area contributed by atoms with Gasteiger partial charge in [-0.15, -0.1) is 0 Å². The van der Waals surface area contributed by atoms with Crippen molar-refractivity contribution in [3.05, 3.63) is 102 Å². The van der Waals surface area contributed by atoms with Gasteiger partial charge in [0.15, 0.2) is 0 Å². The molecule has 0 unspecified atom stereocenters. The average molecular weight is 362 g/mol. The van der Waals surface area contributed by atoms with E-state index < -0.39 is 11.8 Å². The zero-order chi connectivity index (χ0) is 18.9. The third-order valence-electron chi connectivity index (χ3n) is 3.82. The number of hydrogen-bond donors (Lipinski definition) is 1. The molecule has 4 nitrogen and oxygen atoms in total. The van der Waals surface area contributed by atoms with Crippen molar-refractivity contribution in [1.82, 2.24) is 4.98 Å². The van der Waals surface area contributed by atoms with Crippen LogP contribution in [-0.2, 0) is 11.3 Å². The number of rotatable bonds is 7. The zero-order valence-corrected chi connectivity index (χ0v) is 14.6. The van der Waals surface area contributed by atoms with Crippen LogP contribution < -0.4 is 5.32 Å². The number of benzene rings is 2. The van der Waals surface area contributed by atoms with E-state index in [1.165, 1.54) is 12.1 Å². The minimum Gasteiger partial charge on any atom is -0.457 e. The summed E-state index contributed by atoms with van der Waals surface area (Å²) in [5.74, 6) is -1.32. The quantitative estimate of drug-likeness (QED) is 0.619. The van der Waals surface area contributed by atoms with Gasteiger partial charge in [0.1, 0.15) is 12.4 Å². The SMILES string of the molecule is O=C(OCc1cccnc1)c1ccc(NCC=Cc2ccccc2)cc1F. The van der Waals surface area contributed by atoms with Crippen LogP contribution in [0, 0.1) is 5.82 Å². The maximum absolute atomic E-state index is 14.2. The van der Waals surface area contributed by atoms with Crippen molar-refractivity contribution in [3.63, 3.8) is 0 Å². The molecular weight excluding hydrogens is 343 g/mol. The molecule has 1 aromatic heterocycles. The van der Waals surface area contributed by atoms with Gasteiger partial charge in [-0.2, -0.15) is 0 Å². The number of nitrogens with zero attached hydrogens (tertiary/aromatic N) is 1. The summed E-state index contributed by atoms with van der Waals surface area (Å²) in [5.41, 5.74) is 2.34. The Labute approximate surface area is 157 Å². The van der Waals surface area contributed by atoms with Gasteiger partial charge >= 0.3 is 5.97 Å². The molecule has 0 aliphatic carbocycles. The molecule has 3 rings (SSSR count). The molecule has 0 atom stereocenters. The van der Waals surface area contributed by atoms with E-state index in [2.05, 4.69) is 10.3 Å². The number of carbonyl (C=O) groups excluding carboxylic acids is 1. The second-order valence-corrected chi connectivity index (χ2v) is 5.83. The summed E-state index contributed by atoms with van der Waals surface area (Å²) in [7, 11) is 0. The van der Waals surface area contributed by atoms with Crippen LogP contribution >= 0.6 is 0 Å². The summed E-state index contributed by atoms with van der Waals surface area (Å²) in [5, 5.41) is 3.09. The van der Waals surface area contributed by atoms with Crippen molar-refractivity contribution in [1.29, 1.82) is 0 Å². The van der Waals surface area contributed by atoms with E-state index >= 15 is 0 Å². The minimum absolute atomic E-state index is 0.0520. The summed E-state index contributed by atoms with van der Waals surface area (Å²) in [4.78, 5) is 16.0. The van der Waals surface area contributed by atoms with Crippen LogP contribution in [0.15, 0.2) is 79.1 Å². The van der Waals surface area contributed by atoms with Crippen LogP contribution in [0.4, 0.5) is 10.1 Å². The van der Waals surface area contributed by atoms with Gasteiger partial charge in [0.2, 0.25) is 0 Å². The van der Waals surface area contributed by atoms with Gasteiger partial charge in [-0.3, -0.25) is 4.98 Å². The summed E-state index contributed by atoms with van der Waals surface area (Å²) in [6.07, 6.45) is 7.15. The maximum Gasteiger partial charge on any atom is 0.341 e. The fraction of sp³-hybridized carbons (Fsp3) is 0.0909. The van der Waals surface area contributed by atoms with E-state index in [0.29, 0.717) is 12.2 Å². The standard InChI is InChI=1S/C22H19FN2O2/c23-21-14-19(25-13-5-8-17-6-2-1-3-7-17)10-11-20(21)22(26)27-16-18-9-4-12-24-15-18/h1-12,14-15,25H,13,16H2. The first-order valence-corrected chi connectivity index (χ1v) is 8.53. The molecule has 5 heteroatoms. The lowest BCUT2D eigenvalue weighted by molar-refractivity contribution is 0.0467. The first-order chi connectivity index (χ1) is 13.2. The van der Waals surface area contributed by atoms with E-state index in [0.717, 1.165) is 11.1 Å². The summed E-state index contributed by atoms with van der Waals surface area (Å²) in [6, 6.07) is 17.8. The monoisotopic (exact) mass is 362 g/mol. The molecule has 0 aliphatic rings. The highest BCUT2D eigenvalue weighted by Crippen LogP contribution is 2.16. The van der Waals surface area contributed by atoms with Crippen molar-refractivity contribution < 1.29 is 13.9 Å². The largest absolute Gasteiger partial charge is 0.457 e. The lowest BCUT2D eigenvalue weighted by atomic mass is 10.2. The number of esters is 1. The van der Waals surface area contributed by atoms with Crippen LogP contribution in [0.1, 0.15) is 21.5 Å². The lowest BCUT2D eigenvalue weighted by Gasteiger charge is -2.08. The Bertz CT molecular complexity index is 912.